The smallest absolute Gasteiger partial charge is 0.338 e. The third-order valence-corrected chi connectivity index (χ3v) is 7.55. The van der Waals surface area contributed by atoms with Gasteiger partial charge in [-0.1, -0.05) is 79.8 Å². The number of thiazole rings is 1. The predicted molar refractivity (Wildman–Crippen MR) is 154 cm³/mol. The number of benzene rings is 3. The SMILES string of the molecule is CCOC(=O)C1=C(C)N=c2s/c(=C/c3cccc(Oc4ccccc4)c3)c(=O)n2C1c1ccc(C(C)C)cc1. The van der Waals surface area contributed by atoms with Gasteiger partial charge < -0.3 is 9.47 Å². The van der Waals surface area contributed by atoms with Crippen LogP contribution in [0.2, 0.25) is 0 Å². The highest BCUT2D eigenvalue weighted by molar-refractivity contribution is 7.07. The Morgan fingerprint density at radius 2 is 1.74 bits per heavy atom. The van der Waals surface area contributed by atoms with Gasteiger partial charge in [0.2, 0.25) is 0 Å². The maximum atomic E-state index is 13.9. The number of esters is 1. The summed E-state index contributed by atoms with van der Waals surface area (Å²) in [7, 11) is 0. The van der Waals surface area contributed by atoms with Crippen LogP contribution < -0.4 is 19.6 Å². The molecule has 4 aromatic rings. The first-order chi connectivity index (χ1) is 18.9. The molecular weight excluding hydrogens is 508 g/mol. The predicted octanol–water partition coefficient (Wildman–Crippen LogP) is 5.71. The van der Waals surface area contributed by atoms with E-state index in [1.54, 1.807) is 18.4 Å². The number of fused-ring (bicyclic) bond motifs is 1. The molecule has 3 aromatic carbocycles. The van der Waals surface area contributed by atoms with Gasteiger partial charge in [-0.2, -0.15) is 0 Å². The van der Waals surface area contributed by atoms with Crippen molar-refractivity contribution >= 4 is 23.4 Å². The second-order valence-electron chi connectivity index (χ2n) is 9.61. The summed E-state index contributed by atoms with van der Waals surface area (Å²) >= 11 is 1.31. The monoisotopic (exact) mass is 538 g/mol. The minimum Gasteiger partial charge on any atom is -0.463 e. The number of carbonyl (C=O) groups excluding carboxylic acids is 1. The molecule has 0 fully saturated rings. The van der Waals surface area contributed by atoms with Crippen LogP contribution in [-0.2, 0) is 9.53 Å². The summed E-state index contributed by atoms with van der Waals surface area (Å²) in [6.45, 7) is 8.06. The summed E-state index contributed by atoms with van der Waals surface area (Å²) in [5.41, 5.74) is 3.57. The molecular formula is C32H30N2O4S. The first-order valence-electron chi connectivity index (χ1n) is 13.0. The molecule has 0 radical (unpaired) electrons. The summed E-state index contributed by atoms with van der Waals surface area (Å²) in [6.07, 6.45) is 1.84. The molecule has 7 heteroatoms. The molecule has 0 N–H and O–H groups in total. The zero-order valence-electron chi connectivity index (χ0n) is 22.4. The van der Waals surface area contributed by atoms with Crippen molar-refractivity contribution in [2.45, 2.75) is 39.7 Å². The Bertz CT molecular complexity index is 1710. The van der Waals surface area contributed by atoms with Crippen LogP contribution >= 0.6 is 11.3 Å². The lowest BCUT2D eigenvalue weighted by Crippen LogP contribution is -2.39. The number of hydrogen-bond donors (Lipinski definition) is 0. The molecule has 1 aromatic heterocycles. The van der Waals surface area contributed by atoms with Crippen molar-refractivity contribution in [3.63, 3.8) is 0 Å². The van der Waals surface area contributed by atoms with Crippen molar-refractivity contribution < 1.29 is 14.3 Å². The Labute approximate surface area is 231 Å². The topological polar surface area (TPSA) is 69.9 Å². The summed E-state index contributed by atoms with van der Waals surface area (Å²) in [5, 5.41) is 0. The largest absolute Gasteiger partial charge is 0.463 e. The molecule has 0 bridgehead atoms. The van der Waals surface area contributed by atoms with E-state index in [1.807, 2.05) is 84.9 Å². The second-order valence-corrected chi connectivity index (χ2v) is 10.6. The van der Waals surface area contributed by atoms with Gasteiger partial charge in [-0.3, -0.25) is 9.36 Å². The van der Waals surface area contributed by atoms with Crippen LogP contribution in [-0.4, -0.2) is 17.1 Å². The molecule has 0 aliphatic carbocycles. The molecule has 0 saturated carbocycles. The highest BCUT2D eigenvalue weighted by Crippen LogP contribution is 2.31. The lowest BCUT2D eigenvalue weighted by atomic mass is 9.93. The van der Waals surface area contributed by atoms with E-state index in [2.05, 4.69) is 18.8 Å². The Hall–Kier alpha value is -4.23. The van der Waals surface area contributed by atoms with Crippen molar-refractivity contribution in [3.05, 3.63) is 127 Å². The van der Waals surface area contributed by atoms with E-state index in [0.29, 0.717) is 32.3 Å². The Balaban J connectivity index is 1.61. The van der Waals surface area contributed by atoms with Crippen LogP contribution in [0.1, 0.15) is 56.3 Å². The number of para-hydroxylation sites is 1. The first kappa shape index (κ1) is 26.4. The zero-order chi connectivity index (χ0) is 27.5. The molecule has 2 heterocycles. The fourth-order valence-corrected chi connectivity index (χ4v) is 5.66. The van der Waals surface area contributed by atoms with Gasteiger partial charge in [0, 0.05) is 0 Å². The van der Waals surface area contributed by atoms with Crippen LogP contribution in [0.3, 0.4) is 0 Å². The Kier molecular flexibility index (Phi) is 7.61. The minimum atomic E-state index is -0.628. The van der Waals surface area contributed by atoms with Crippen LogP contribution in [0.25, 0.3) is 6.08 Å². The lowest BCUT2D eigenvalue weighted by molar-refractivity contribution is -0.139. The number of aromatic nitrogens is 1. The van der Waals surface area contributed by atoms with Gasteiger partial charge in [-0.25, -0.2) is 9.79 Å². The quantitative estimate of drug-likeness (QED) is 0.283. The minimum absolute atomic E-state index is 0.208. The summed E-state index contributed by atoms with van der Waals surface area (Å²) in [5.74, 6) is 1.31. The maximum Gasteiger partial charge on any atom is 0.338 e. The maximum absolute atomic E-state index is 13.9. The van der Waals surface area contributed by atoms with Crippen LogP contribution in [0, 0.1) is 0 Å². The fourth-order valence-electron chi connectivity index (χ4n) is 4.61. The van der Waals surface area contributed by atoms with E-state index < -0.39 is 12.0 Å². The first-order valence-corrected chi connectivity index (χ1v) is 13.8. The highest BCUT2D eigenvalue weighted by Gasteiger charge is 2.33. The molecule has 1 unspecified atom stereocenters. The van der Waals surface area contributed by atoms with Crippen LogP contribution in [0.5, 0.6) is 11.5 Å². The third-order valence-electron chi connectivity index (χ3n) is 6.57. The molecule has 1 atom stereocenters. The van der Waals surface area contributed by atoms with Gasteiger partial charge in [0.05, 0.1) is 28.5 Å². The van der Waals surface area contributed by atoms with Gasteiger partial charge in [0.15, 0.2) is 4.80 Å². The van der Waals surface area contributed by atoms with Crippen LogP contribution in [0.15, 0.2) is 99.9 Å². The summed E-state index contributed by atoms with van der Waals surface area (Å²) in [6, 6.07) is 24.6. The summed E-state index contributed by atoms with van der Waals surface area (Å²) in [4.78, 5) is 32.2. The van der Waals surface area contributed by atoms with Gasteiger partial charge in [-0.05, 0) is 66.8 Å². The molecule has 1 aliphatic rings. The van der Waals surface area contributed by atoms with Crippen molar-refractivity contribution in [2.24, 2.45) is 4.99 Å². The Morgan fingerprint density at radius 3 is 2.44 bits per heavy atom. The van der Waals surface area contributed by atoms with Crippen LogP contribution in [0.4, 0.5) is 0 Å². The number of ether oxygens (including phenoxy) is 2. The van der Waals surface area contributed by atoms with Gasteiger partial charge in [0.25, 0.3) is 5.56 Å². The molecule has 39 heavy (non-hydrogen) atoms. The van der Waals surface area contributed by atoms with Gasteiger partial charge >= 0.3 is 5.97 Å². The molecule has 1 aliphatic heterocycles. The number of nitrogens with zero attached hydrogens (tertiary/aromatic N) is 2. The van der Waals surface area contributed by atoms with E-state index in [4.69, 9.17) is 9.47 Å². The molecule has 6 nitrogen and oxygen atoms in total. The summed E-state index contributed by atoms with van der Waals surface area (Å²) < 4.78 is 13.5. The number of carbonyl (C=O) groups is 1. The molecule has 0 saturated heterocycles. The number of hydrogen-bond acceptors (Lipinski definition) is 6. The molecule has 198 valence electrons. The lowest BCUT2D eigenvalue weighted by Gasteiger charge is -2.25. The van der Waals surface area contributed by atoms with E-state index in [9.17, 15) is 9.59 Å². The highest BCUT2D eigenvalue weighted by atomic mass is 32.1. The second kappa shape index (κ2) is 11.3. The normalized spacial score (nSPS) is 15.2. The van der Waals surface area contributed by atoms with E-state index >= 15 is 0 Å². The molecule has 0 amide bonds. The zero-order valence-corrected chi connectivity index (χ0v) is 23.2. The standard InChI is InChI=1S/C32H30N2O4S/c1-5-37-31(36)28-21(4)33-32-34(29(28)24-16-14-23(15-17-24)20(2)3)30(35)27(39-32)19-22-10-9-13-26(18-22)38-25-11-7-6-8-12-25/h6-20,29H,5H2,1-4H3/b27-19+. The molecule has 5 rings (SSSR count). The number of allylic oxidation sites excluding steroid dienone is 1. The Morgan fingerprint density at radius 1 is 1.03 bits per heavy atom. The van der Waals surface area contributed by atoms with Crippen molar-refractivity contribution in [2.75, 3.05) is 6.61 Å². The number of rotatable bonds is 7. The third kappa shape index (κ3) is 5.49. The van der Waals surface area contributed by atoms with Gasteiger partial charge in [0.1, 0.15) is 11.5 Å². The van der Waals surface area contributed by atoms with E-state index in [0.717, 1.165) is 16.9 Å². The average molecular weight is 539 g/mol. The van der Waals surface area contributed by atoms with Crippen molar-refractivity contribution in [1.29, 1.82) is 0 Å². The van der Waals surface area contributed by atoms with Crippen molar-refractivity contribution in [1.82, 2.24) is 4.57 Å². The molecule has 0 spiro atoms. The van der Waals surface area contributed by atoms with Crippen molar-refractivity contribution in [3.8, 4) is 11.5 Å². The van der Waals surface area contributed by atoms with E-state index in [1.165, 1.54) is 16.9 Å². The fraction of sp³-hybridized carbons (Fsp3) is 0.219. The van der Waals surface area contributed by atoms with E-state index in [-0.39, 0.29) is 12.2 Å². The average Bonchev–Trinajstić information content (AvgIpc) is 3.22. The van der Waals surface area contributed by atoms with Gasteiger partial charge in [-0.15, -0.1) is 0 Å².